The summed E-state index contributed by atoms with van der Waals surface area (Å²) < 4.78 is 2.20. The Bertz CT molecular complexity index is 2740. The summed E-state index contributed by atoms with van der Waals surface area (Å²) in [5.74, 6) is 1.29. The molecule has 1 aromatic carbocycles. The van der Waals surface area contributed by atoms with Crippen LogP contribution in [-0.4, -0.2) is 159 Å². The summed E-state index contributed by atoms with van der Waals surface area (Å²) >= 11 is 0. The van der Waals surface area contributed by atoms with Gasteiger partial charge in [-0.2, -0.15) is 0 Å². The molecule has 12 rings (SSSR count). The molecule has 380 valence electrons. The van der Waals surface area contributed by atoms with E-state index in [2.05, 4.69) is 77.9 Å². The second-order valence-corrected chi connectivity index (χ2v) is 22.4. The van der Waals surface area contributed by atoms with E-state index in [4.69, 9.17) is 9.97 Å². The molecule has 1 unspecified atom stereocenters. The Morgan fingerprint density at radius 1 is 0.806 bits per heavy atom. The van der Waals surface area contributed by atoms with Crippen LogP contribution in [0.15, 0.2) is 48.9 Å². The van der Waals surface area contributed by atoms with E-state index >= 15 is 4.79 Å². The quantitative estimate of drug-likeness (QED) is 0.182. The molecule has 1 spiro atoms. The Morgan fingerprint density at radius 2 is 1.57 bits per heavy atom. The molecular weight excluding hydrogens is 909 g/mol. The summed E-state index contributed by atoms with van der Waals surface area (Å²) in [7, 11) is 0. The monoisotopic (exact) mass is 979 g/mol. The predicted octanol–water partition coefficient (Wildman–Crippen LogP) is 5.45. The highest BCUT2D eigenvalue weighted by Crippen LogP contribution is 2.52. The van der Waals surface area contributed by atoms with Gasteiger partial charge in [-0.15, -0.1) is 0 Å². The minimum Gasteiger partial charge on any atom is -0.366 e. The van der Waals surface area contributed by atoms with Crippen molar-refractivity contribution in [1.82, 2.24) is 44.4 Å². The maximum absolute atomic E-state index is 15.2. The van der Waals surface area contributed by atoms with Crippen LogP contribution in [0.5, 0.6) is 0 Å². The van der Waals surface area contributed by atoms with Crippen LogP contribution < -0.4 is 20.4 Å². The Kier molecular flexibility index (Phi) is 12.5. The first-order chi connectivity index (χ1) is 35.0. The van der Waals surface area contributed by atoms with Crippen molar-refractivity contribution in [3.63, 3.8) is 0 Å². The summed E-state index contributed by atoms with van der Waals surface area (Å²) in [6, 6.07) is 13.9. The summed E-state index contributed by atoms with van der Waals surface area (Å²) in [6.45, 7) is 12.0. The van der Waals surface area contributed by atoms with Gasteiger partial charge >= 0.3 is 0 Å². The molecule has 1 atom stereocenters. The van der Waals surface area contributed by atoms with E-state index in [-0.39, 0.29) is 53.5 Å². The van der Waals surface area contributed by atoms with Crippen LogP contribution in [0.2, 0.25) is 0 Å². The van der Waals surface area contributed by atoms with E-state index in [0.717, 1.165) is 115 Å². The SMILES string of the molecule is CC(C)n1cnc2cc(-c3ccc4c(c3)N(C3CC(N5CCCCC5)C3)C(=O)C43CCN(C(=O)CN4CCN(C(=O)C5CCN(c6ccc(C7CCC(=O)NC7=O)cn6)CC5)CC4)CC3)nc(NC3CC3)c21. The molecule has 17 heteroatoms. The minimum absolute atomic E-state index is 0.0484. The largest absolute Gasteiger partial charge is 0.366 e. The number of imide groups is 1. The maximum Gasteiger partial charge on any atom is 0.238 e. The van der Waals surface area contributed by atoms with Crippen molar-refractivity contribution in [3.8, 4) is 11.3 Å². The van der Waals surface area contributed by atoms with E-state index in [1.54, 1.807) is 6.20 Å². The molecule has 4 aromatic rings. The van der Waals surface area contributed by atoms with E-state index < -0.39 is 5.41 Å². The Morgan fingerprint density at radius 3 is 2.26 bits per heavy atom. The van der Waals surface area contributed by atoms with Crippen molar-refractivity contribution in [2.24, 2.45) is 5.92 Å². The van der Waals surface area contributed by atoms with Crippen LogP contribution in [0.1, 0.15) is 120 Å². The zero-order valence-corrected chi connectivity index (χ0v) is 42.1. The average Bonchev–Trinajstić information content (AvgIpc) is 4.05. The van der Waals surface area contributed by atoms with Gasteiger partial charge in [0.25, 0.3) is 0 Å². The molecule has 0 radical (unpaired) electrons. The topological polar surface area (TPSA) is 172 Å². The number of piperazine rings is 1. The van der Waals surface area contributed by atoms with Crippen LogP contribution in [0.25, 0.3) is 22.3 Å². The number of amides is 5. The van der Waals surface area contributed by atoms with Gasteiger partial charge in [0.05, 0.1) is 35.4 Å². The van der Waals surface area contributed by atoms with Crippen molar-refractivity contribution in [1.29, 1.82) is 0 Å². The summed E-state index contributed by atoms with van der Waals surface area (Å²) in [6.07, 6.45) is 15.2. The molecule has 2 saturated carbocycles. The van der Waals surface area contributed by atoms with Gasteiger partial charge in [-0.1, -0.05) is 24.6 Å². The number of anilines is 3. The highest BCUT2D eigenvalue weighted by molar-refractivity contribution is 6.09. The summed E-state index contributed by atoms with van der Waals surface area (Å²) in [5, 5.41) is 6.13. The van der Waals surface area contributed by atoms with Crippen LogP contribution in [0.4, 0.5) is 17.3 Å². The van der Waals surface area contributed by atoms with Crippen molar-refractivity contribution in [3.05, 3.63) is 60.0 Å². The third-order valence-electron chi connectivity index (χ3n) is 17.7. The molecule has 72 heavy (non-hydrogen) atoms. The molecular formula is C55H70N12O5. The van der Waals surface area contributed by atoms with Gasteiger partial charge in [0.15, 0.2) is 5.82 Å². The standard InChI is InChI=1S/C55H70N12O5/c1-35(2)66-34-57-45-31-44(59-51(50(45)66)58-39-8-9-39)37-6-11-43-46(28-37)67(41-29-40(30-41)62-18-4-3-5-19-62)54(72)55(43)16-22-64(23-17-55)49(69)33-61-24-26-65(27-25-61)53(71)36-14-20-63(21-15-36)47-12-7-38(32-56-47)42-10-13-48(68)60-52(42)70/h6-7,11-12,28,31-32,34-36,39-42H,3-5,8-10,13-27,29-30,33H2,1-2H3,(H,58,59)(H,60,68,70). The van der Waals surface area contributed by atoms with Crippen molar-refractivity contribution >= 4 is 57.9 Å². The number of piperidine rings is 4. The third-order valence-corrected chi connectivity index (χ3v) is 17.7. The molecule has 2 N–H and O–H groups in total. The van der Waals surface area contributed by atoms with Crippen LogP contribution in [-0.2, 0) is 29.4 Å². The fourth-order valence-corrected chi connectivity index (χ4v) is 13.0. The van der Waals surface area contributed by atoms with Crippen LogP contribution >= 0.6 is 0 Å². The molecule has 6 aliphatic heterocycles. The molecule has 3 aromatic heterocycles. The van der Waals surface area contributed by atoms with Gasteiger partial charge in [-0.25, -0.2) is 15.0 Å². The van der Waals surface area contributed by atoms with Crippen LogP contribution in [0.3, 0.4) is 0 Å². The number of imidazole rings is 1. The Balaban J connectivity index is 0.676. The smallest absolute Gasteiger partial charge is 0.238 e. The number of fused-ring (bicyclic) bond motifs is 3. The number of nitrogens with zero attached hydrogens (tertiary/aromatic N) is 10. The lowest BCUT2D eigenvalue weighted by Crippen LogP contribution is -2.59. The zero-order valence-electron chi connectivity index (χ0n) is 42.1. The number of hydrogen-bond donors (Lipinski definition) is 2. The lowest BCUT2D eigenvalue weighted by atomic mass is 9.73. The third kappa shape index (κ3) is 8.81. The van der Waals surface area contributed by atoms with E-state index in [1.165, 1.54) is 19.3 Å². The predicted molar refractivity (Wildman–Crippen MR) is 275 cm³/mol. The molecule has 5 amide bonds. The van der Waals surface area contributed by atoms with Gasteiger partial charge in [0, 0.05) is 106 Å². The number of pyridine rings is 2. The first-order valence-corrected chi connectivity index (χ1v) is 27.2. The van der Waals surface area contributed by atoms with Gasteiger partial charge < -0.3 is 34.4 Å². The molecule has 2 aliphatic carbocycles. The first kappa shape index (κ1) is 47.1. The van der Waals surface area contributed by atoms with E-state index in [9.17, 15) is 19.2 Å². The van der Waals surface area contributed by atoms with Crippen molar-refractivity contribution < 1.29 is 24.0 Å². The number of rotatable bonds is 11. The molecule has 0 bridgehead atoms. The zero-order chi connectivity index (χ0) is 49.3. The Labute approximate surface area is 422 Å². The van der Waals surface area contributed by atoms with Gasteiger partial charge in [-0.05, 0) is 127 Å². The number of hydrogen-bond acceptors (Lipinski definition) is 12. The number of carbonyl (C=O) groups excluding carboxylic acids is 5. The average molecular weight is 979 g/mol. The van der Waals surface area contributed by atoms with Gasteiger partial charge in [-0.3, -0.25) is 34.2 Å². The second-order valence-electron chi connectivity index (χ2n) is 22.4. The number of benzene rings is 1. The van der Waals surface area contributed by atoms with Gasteiger partial charge in [0.2, 0.25) is 29.5 Å². The second kappa shape index (κ2) is 19.2. The summed E-state index contributed by atoms with van der Waals surface area (Å²) in [5.41, 5.74) is 6.04. The summed E-state index contributed by atoms with van der Waals surface area (Å²) in [4.78, 5) is 94.8. The van der Waals surface area contributed by atoms with E-state index in [0.29, 0.717) is 83.6 Å². The highest BCUT2D eigenvalue weighted by Gasteiger charge is 2.56. The van der Waals surface area contributed by atoms with Crippen molar-refractivity contribution in [2.45, 2.75) is 133 Å². The number of nitrogens with one attached hydrogen (secondary N) is 2. The normalized spacial score (nSPS) is 25.3. The number of carbonyl (C=O) groups is 5. The highest BCUT2D eigenvalue weighted by atomic mass is 16.2. The minimum atomic E-state index is -0.673. The lowest BCUT2D eigenvalue weighted by Gasteiger charge is -2.48. The molecule has 5 saturated heterocycles. The number of likely N-dealkylation sites (tertiary alicyclic amines) is 2. The molecule has 17 nitrogen and oxygen atoms in total. The molecule has 7 fully saturated rings. The first-order valence-electron chi connectivity index (χ1n) is 27.2. The molecule has 9 heterocycles. The number of aromatic nitrogens is 4. The fraction of sp³-hybridized carbons (Fsp3) is 0.600. The van der Waals surface area contributed by atoms with Gasteiger partial charge in [0.1, 0.15) is 11.3 Å². The van der Waals surface area contributed by atoms with Crippen LogP contribution in [0, 0.1) is 5.92 Å². The van der Waals surface area contributed by atoms with E-state index in [1.807, 2.05) is 28.3 Å². The fourth-order valence-electron chi connectivity index (χ4n) is 13.0. The maximum atomic E-state index is 15.2. The lowest BCUT2D eigenvalue weighted by molar-refractivity contribution is -0.140. The van der Waals surface area contributed by atoms with Crippen molar-refractivity contribution in [2.75, 3.05) is 87.1 Å². The molecule has 8 aliphatic rings. The Hall–Kier alpha value is -5.94.